The molecule has 0 atom stereocenters. The molecule has 2 aromatic rings. The molecule has 0 radical (unpaired) electrons. The van der Waals surface area contributed by atoms with Crippen LogP contribution in [0.4, 0.5) is 0 Å². The molecule has 2 rings (SSSR count). The van der Waals surface area contributed by atoms with Crippen LogP contribution in [0.15, 0.2) is 30.5 Å². The molecule has 0 spiro atoms. The number of rotatable bonds is 5. The molecule has 0 aliphatic heterocycles. The van der Waals surface area contributed by atoms with Crippen molar-refractivity contribution >= 4 is 24.2 Å². The van der Waals surface area contributed by atoms with Crippen LogP contribution in [0.2, 0.25) is 5.02 Å². The van der Waals surface area contributed by atoms with Crippen LogP contribution in [0.5, 0.6) is 5.75 Å². The van der Waals surface area contributed by atoms with Gasteiger partial charge in [0.2, 0.25) is 0 Å². The van der Waals surface area contributed by atoms with Crippen LogP contribution in [-0.2, 0) is 6.54 Å². The summed E-state index contributed by atoms with van der Waals surface area (Å²) in [5, 5.41) is 22.7. The van der Waals surface area contributed by atoms with E-state index in [2.05, 4.69) is 5.10 Å². The zero-order valence-corrected chi connectivity index (χ0v) is 11.2. The van der Waals surface area contributed by atoms with Gasteiger partial charge in [-0.2, -0.15) is 5.10 Å². The molecule has 1 aromatic heterocycles. The van der Waals surface area contributed by atoms with E-state index in [-0.39, 0.29) is 0 Å². The molecule has 0 fully saturated rings. The first-order chi connectivity index (χ1) is 9.08. The van der Waals surface area contributed by atoms with E-state index in [4.69, 9.17) is 26.4 Å². The van der Waals surface area contributed by atoms with Gasteiger partial charge in [0.25, 0.3) is 0 Å². The Kier molecular flexibility index (Phi) is 4.47. The van der Waals surface area contributed by atoms with Crippen LogP contribution < -0.4 is 10.2 Å². The minimum Gasteiger partial charge on any atom is -0.492 e. The van der Waals surface area contributed by atoms with Gasteiger partial charge in [0.15, 0.2) is 0 Å². The Labute approximate surface area is 116 Å². The third kappa shape index (κ3) is 3.50. The van der Waals surface area contributed by atoms with Crippen molar-refractivity contribution in [2.75, 3.05) is 6.61 Å². The molecule has 0 unspecified atom stereocenters. The average molecular weight is 281 g/mol. The molecule has 2 N–H and O–H groups in total. The number of hydrogen-bond donors (Lipinski definition) is 2. The highest BCUT2D eigenvalue weighted by atomic mass is 35.5. The van der Waals surface area contributed by atoms with E-state index in [9.17, 15) is 0 Å². The van der Waals surface area contributed by atoms with Gasteiger partial charge in [0.1, 0.15) is 12.4 Å². The van der Waals surface area contributed by atoms with E-state index < -0.39 is 7.12 Å². The molecular weight excluding hydrogens is 266 g/mol. The average Bonchev–Trinajstić information content (AvgIpc) is 2.71. The van der Waals surface area contributed by atoms with E-state index >= 15 is 0 Å². The molecule has 0 aliphatic carbocycles. The van der Waals surface area contributed by atoms with Crippen molar-refractivity contribution in [2.45, 2.75) is 13.5 Å². The second kappa shape index (κ2) is 6.10. The fourth-order valence-corrected chi connectivity index (χ4v) is 1.78. The molecular formula is C12H14BClN2O3. The molecule has 0 saturated heterocycles. The lowest BCUT2D eigenvalue weighted by Crippen LogP contribution is -2.29. The summed E-state index contributed by atoms with van der Waals surface area (Å²) in [5.41, 5.74) is 1.34. The molecule has 1 aromatic carbocycles. The van der Waals surface area contributed by atoms with Gasteiger partial charge in [-0.3, -0.25) is 4.68 Å². The fourth-order valence-electron chi connectivity index (χ4n) is 1.64. The molecule has 0 saturated carbocycles. The predicted octanol–water partition coefficient (Wildman–Crippen LogP) is 0.604. The molecule has 1 heterocycles. The van der Waals surface area contributed by atoms with Crippen molar-refractivity contribution in [1.82, 2.24) is 9.78 Å². The lowest BCUT2D eigenvalue weighted by Gasteiger charge is -2.08. The second-order valence-corrected chi connectivity index (χ2v) is 4.50. The van der Waals surface area contributed by atoms with Gasteiger partial charge in [-0.25, -0.2) is 0 Å². The quantitative estimate of drug-likeness (QED) is 0.787. The van der Waals surface area contributed by atoms with Crippen molar-refractivity contribution in [3.8, 4) is 5.75 Å². The Balaban J connectivity index is 1.87. The maximum Gasteiger partial charge on any atom is 0.488 e. The maximum absolute atomic E-state index is 8.96. The smallest absolute Gasteiger partial charge is 0.488 e. The highest BCUT2D eigenvalue weighted by Crippen LogP contribution is 2.13. The van der Waals surface area contributed by atoms with Gasteiger partial charge in [0, 0.05) is 0 Å². The molecule has 0 amide bonds. The van der Waals surface area contributed by atoms with Crippen LogP contribution in [0.3, 0.4) is 0 Å². The minimum atomic E-state index is -1.46. The van der Waals surface area contributed by atoms with Crippen LogP contribution in [0, 0.1) is 6.92 Å². The Morgan fingerprint density at radius 3 is 2.53 bits per heavy atom. The largest absolute Gasteiger partial charge is 0.492 e. The van der Waals surface area contributed by atoms with E-state index in [0.29, 0.717) is 29.4 Å². The number of nitrogens with zero attached hydrogens (tertiary/aromatic N) is 2. The topological polar surface area (TPSA) is 67.5 Å². The molecule has 5 nitrogen and oxygen atoms in total. The van der Waals surface area contributed by atoms with Crippen molar-refractivity contribution in [1.29, 1.82) is 0 Å². The third-order valence-corrected chi connectivity index (χ3v) is 3.16. The van der Waals surface area contributed by atoms with E-state index in [0.717, 1.165) is 5.69 Å². The summed E-state index contributed by atoms with van der Waals surface area (Å²) in [4.78, 5) is 0. The molecule has 0 bridgehead atoms. The van der Waals surface area contributed by atoms with Gasteiger partial charge < -0.3 is 14.8 Å². The molecule has 19 heavy (non-hydrogen) atoms. The summed E-state index contributed by atoms with van der Waals surface area (Å²) >= 11 is 5.90. The fraction of sp³-hybridized carbons (Fsp3) is 0.250. The molecule has 7 heteroatoms. The van der Waals surface area contributed by atoms with Crippen LogP contribution in [0.25, 0.3) is 0 Å². The summed E-state index contributed by atoms with van der Waals surface area (Å²) in [6.07, 6.45) is 1.61. The standard InChI is InChI=1S/C12H14BClN2O3/c1-9-12(14)8-15-16(9)6-7-19-11-4-2-10(3-5-11)13(17)18/h2-5,8,17-18H,6-7H2,1H3. The number of halogens is 1. The van der Waals surface area contributed by atoms with Crippen LogP contribution in [-0.4, -0.2) is 33.6 Å². The monoisotopic (exact) mass is 280 g/mol. The Morgan fingerprint density at radius 1 is 1.32 bits per heavy atom. The first-order valence-corrected chi connectivity index (χ1v) is 6.22. The van der Waals surface area contributed by atoms with E-state index in [1.165, 1.54) is 0 Å². The molecule has 100 valence electrons. The normalized spacial score (nSPS) is 10.5. The first kappa shape index (κ1) is 13.9. The first-order valence-electron chi connectivity index (χ1n) is 5.84. The minimum absolute atomic E-state index is 0.432. The third-order valence-electron chi connectivity index (χ3n) is 2.79. The van der Waals surface area contributed by atoms with Gasteiger partial charge in [-0.15, -0.1) is 0 Å². The Bertz CT molecular complexity index is 542. The van der Waals surface area contributed by atoms with Crippen molar-refractivity contribution in [3.63, 3.8) is 0 Å². The van der Waals surface area contributed by atoms with E-state index in [1.807, 2.05) is 6.92 Å². The van der Waals surface area contributed by atoms with Crippen molar-refractivity contribution in [3.05, 3.63) is 41.2 Å². The summed E-state index contributed by atoms with van der Waals surface area (Å²) in [6.45, 7) is 2.95. The van der Waals surface area contributed by atoms with E-state index in [1.54, 1.807) is 35.1 Å². The number of hydrogen-bond acceptors (Lipinski definition) is 4. The zero-order valence-electron chi connectivity index (χ0n) is 10.5. The van der Waals surface area contributed by atoms with Crippen LogP contribution in [0.1, 0.15) is 5.69 Å². The zero-order chi connectivity index (χ0) is 13.8. The summed E-state index contributed by atoms with van der Waals surface area (Å²) in [6, 6.07) is 6.60. The number of aromatic nitrogens is 2. The Hall–Kier alpha value is -1.50. The van der Waals surface area contributed by atoms with Crippen molar-refractivity contribution < 1.29 is 14.8 Å². The van der Waals surface area contributed by atoms with Gasteiger partial charge in [-0.1, -0.05) is 23.7 Å². The highest BCUT2D eigenvalue weighted by molar-refractivity contribution is 6.58. The lowest BCUT2D eigenvalue weighted by atomic mass is 9.80. The summed E-state index contributed by atoms with van der Waals surface area (Å²) in [7, 11) is -1.46. The maximum atomic E-state index is 8.96. The molecule has 0 aliphatic rings. The van der Waals surface area contributed by atoms with Gasteiger partial charge >= 0.3 is 7.12 Å². The highest BCUT2D eigenvalue weighted by Gasteiger charge is 2.10. The predicted molar refractivity (Wildman–Crippen MR) is 73.7 cm³/mol. The van der Waals surface area contributed by atoms with Crippen molar-refractivity contribution in [2.24, 2.45) is 0 Å². The summed E-state index contributed by atoms with van der Waals surface area (Å²) < 4.78 is 7.31. The number of benzene rings is 1. The van der Waals surface area contributed by atoms with Gasteiger partial charge in [0.05, 0.1) is 23.5 Å². The number of ether oxygens (including phenoxy) is 1. The van der Waals surface area contributed by atoms with Gasteiger partial charge in [-0.05, 0) is 24.5 Å². The van der Waals surface area contributed by atoms with Crippen LogP contribution >= 0.6 is 11.6 Å². The lowest BCUT2D eigenvalue weighted by molar-refractivity contribution is 0.290. The SMILES string of the molecule is Cc1c(Cl)cnn1CCOc1ccc(B(O)O)cc1. The summed E-state index contributed by atoms with van der Waals surface area (Å²) in [5.74, 6) is 0.667. The second-order valence-electron chi connectivity index (χ2n) is 4.09. The Morgan fingerprint density at radius 2 is 2.00 bits per heavy atom.